The summed E-state index contributed by atoms with van der Waals surface area (Å²) >= 11 is 6.11. The first-order valence-electron chi connectivity index (χ1n) is 17.7. The number of likely N-dealkylation sites (N-methyl/N-ethyl adjacent to an activating group) is 1. The smallest absolute Gasteiger partial charge is 0.338 e. The number of nitrogens with one attached hydrogen (secondary N) is 1. The Kier molecular flexibility index (Phi) is 12.2. The van der Waals surface area contributed by atoms with Crippen LogP contribution in [0.4, 0.5) is 4.39 Å². The molecule has 4 aromatic carbocycles. The van der Waals surface area contributed by atoms with Gasteiger partial charge in [-0.25, -0.2) is 9.18 Å². The van der Waals surface area contributed by atoms with Crippen LogP contribution >= 0.6 is 11.6 Å². The summed E-state index contributed by atoms with van der Waals surface area (Å²) in [4.78, 5) is 56.9. The van der Waals surface area contributed by atoms with Crippen LogP contribution in [0.15, 0.2) is 91.3 Å². The summed E-state index contributed by atoms with van der Waals surface area (Å²) in [6, 6.07) is 21.4. The molecule has 1 N–H and O–H groups in total. The number of fused-ring (bicyclic) bond motifs is 1. The Morgan fingerprint density at radius 2 is 1.75 bits per heavy atom. The maximum absolute atomic E-state index is 15.4. The topological polar surface area (TPSA) is 140 Å². The van der Waals surface area contributed by atoms with E-state index in [0.717, 1.165) is 16.7 Å². The molecule has 0 spiro atoms. The number of tetrazole rings is 1. The first kappa shape index (κ1) is 38.7. The molecule has 282 valence electrons. The third kappa shape index (κ3) is 8.85. The van der Waals surface area contributed by atoms with Crippen molar-refractivity contribution in [3.63, 3.8) is 0 Å². The number of ketones is 1. The lowest BCUT2D eigenvalue weighted by molar-refractivity contribution is -0.136. The van der Waals surface area contributed by atoms with E-state index in [1.807, 2.05) is 49.3 Å². The summed E-state index contributed by atoms with van der Waals surface area (Å²) in [6.45, 7) is 3.38. The third-order valence-electron chi connectivity index (χ3n) is 9.25. The molecule has 0 aliphatic carbocycles. The molecule has 1 aliphatic rings. The second-order valence-corrected chi connectivity index (χ2v) is 13.5. The SMILES string of the molecule is CCOC(=O)c1ccc(CC(=O)C2c3cccc(-c4ccc(C(=O)NCCN(C)C)cc4)c3CCN2C(=O)/C=C/c2c(-n3cnnn3)ccc(Cl)c2F)cc1. The standard InChI is InChI=1S/C41H39ClFN7O5/c1-4-55-41(54)29-10-8-26(9-11-29)24-36(51)39-32-7-5-6-30(27-12-14-28(15-13-27)40(53)44-21-23-48(2)3)31(32)20-22-49(39)37(52)19-16-33-35(50-25-45-46-47-50)18-17-34(42)38(33)43/h5-19,25,39H,4,20-24H2,1-3H3,(H,44,53)/b19-16+. The van der Waals surface area contributed by atoms with Crippen molar-refractivity contribution in [3.05, 3.63) is 135 Å². The van der Waals surface area contributed by atoms with Gasteiger partial charge in [0.05, 0.1) is 22.9 Å². The fourth-order valence-electron chi connectivity index (χ4n) is 6.53. The van der Waals surface area contributed by atoms with Crippen LogP contribution in [-0.4, -0.2) is 93.9 Å². The van der Waals surface area contributed by atoms with E-state index < -0.39 is 23.7 Å². The minimum Gasteiger partial charge on any atom is -0.462 e. The Morgan fingerprint density at radius 3 is 2.44 bits per heavy atom. The monoisotopic (exact) mass is 763 g/mol. The molecule has 0 saturated heterocycles. The lowest BCUT2D eigenvalue weighted by atomic mass is 9.83. The van der Waals surface area contributed by atoms with Gasteiger partial charge in [0.15, 0.2) is 11.6 Å². The lowest BCUT2D eigenvalue weighted by Gasteiger charge is -2.37. The molecule has 55 heavy (non-hydrogen) atoms. The molecule has 2 amide bonds. The molecular weight excluding hydrogens is 725 g/mol. The number of carbonyl (C=O) groups excluding carboxylic acids is 4. The Labute approximate surface area is 322 Å². The van der Waals surface area contributed by atoms with Gasteiger partial charge in [0.25, 0.3) is 5.91 Å². The molecule has 1 atom stereocenters. The highest BCUT2D eigenvalue weighted by atomic mass is 35.5. The quantitative estimate of drug-likeness (QED) is 0.121. The van der Waals surface area contributed by atoms with Crippen molar-refractivity contribution in [2.75, 3.05) is 40.3 Å². The Morgan fingerprint density at radius 1 is 1.00 bits per heavy atom. The van der Waals surface area contributed by atoms with Gasteiger partial charge in [0.1, 0.15) is 12.4 Å². The van der Waals surface area contributed by atoms with Gasteiger partial charge in [-0.15, -0.1) is 5.10 Å². The van der Waals surface area contributed by atoms with Crippen molar-refractivity contribution in [1.29, 1.82) is 0 Å². The molecular formula is C41H39ClFN7O5. The summed E-state index contributed by atoms with van der Waals surface area (Å²) in [7, 11) is 3.88. The van der Waals surface area contributed by atoms with Gasteiger partial charge < -0.3 is 19.9 Å². The van der Waals surface area contributed by atoms with Crippen molar-refractivity contribution in [2.24, 2.45) is 0 Å². The predicted molar refractivity (Wildman–Crippen MR) is 205 cm³/mol. The normalized spacial score (nSPS) is 13.9. The van der Waals surface area contributed by atoms with Crippen LogP contribution < -0.4 is 5.32 Å². The van der Waals surface area contributed by atoms with Crippen LogP contribution in [0.1, 0.15) is 55.9 Å². The molecule has 2 heterocycles. The van der Waals surface area contributed by atoms with Gasteiger partial charge >= 0.3 is 5.97 Å². The Balaban J connectivity index is 1.33. The highest BCUT2D eigenvalue weighted by Gasteiger charge is 2.36. The Bertz CT molecular complexity index is 2230. The number of halogens is 2. The molecule has 12 nitrogen and oxygen atoms in total. The van der Waals surface area contributed by atoms with Crippen molar-refractivity contribution < 1.29 is 28.3 Å². The van der Waals surface area contributed by atoms with Gasteiger partial charge in [-0.2, -0.15) is 4.68 Å². The predicted octanol–water partition coefficient (Wildman–Crippen LogP) is 5.54. The number of benzene rings is 4. The molecule has 0 saturated carbocycles. The van der Waals surface area contributed by atoms with Crippen LogP contribution in [-0.2, 0) is 27.2 Å². The van der Waals surface area contributed by atoms with E-state index in [4.69, 9.17) is 16.3 Å². The minimum atomic E-state index is -0.990. The fourth-order valence-corrected chi connectivity index (χ4v) is 6.69. The molecule has 1 aliphatic heterocycles. The zero-order chi connectivity index (χ0) is 39.1. The van der Waals surface area contributed by atoms with Crippen molar-refractivity contribution in [1.82, 2.24) is 35.3 Å². The molecule has 0 radical (unpaired) electrons. The molecule has 6 rings (SSSR count). The van der Waals surface area contributed by atoms with Gasteiger partial charge in [0.2, 0.25) is 5.91 Å². The van der Waals surface area contributed by atoms with E-state index in [9.17, 15) is 19.2 Å². The first-order chi connectivity index (χ1) is 26.5. The first-order valence-corrected chi connectivity index (χ1v) is 18.1. The van der Waals surface area contributed by atoms with Gasteiger partial charge in [-0.3, -0.25) is 14.4 Å². The van der Waals surface area contributed by atoms with E-state index in [1.54, 1.807) is 43.3 Å². The Hall–Kier alpha value is -6.05. The zero-order valence-corrected chi connectivity index (χ0v) is 31.3. The van der Waals surface area contributed by atoms with Crippen LogP contribution in [0.25, 0.3) is 22.9 Å². The van der Waals surface area contributed by atoms with Crippen LogP contribution in [0.3, 0.4) is 0 Å². The number of ether oxygens (including phenoxy) is 1. The highest BCUT2D eigenvalue weighted by molar-refractivity contribution is 6.31. The number of aromatic nitrogens is 4. The maximum Gasteiger partial charge on any atom is 0.338 e. The highest BCUT2D eigenvalue weighted by Crippen LogP contribution is 2.38. The number of carbonyl (C=O) groups is 4. The summed E-state index contributed by atoms with van der Waals surface area (Å²) in [5, 5.41) is 13.9. The van der Waals surface area contributed by atoms with Gasteiger partial charge in [0, 0.05) is 43.3 Å². The van der Waals surface area contributed by atoms with E-state index in [1.165, 1.54) is 40.2 Å². The number of rotatable bonds is 13. The summed E-state index contributed by atoms with van der Waals surface area (Å²) < 4.78 is 21.7. The fraction of sp³-hybridized carbons (Fsp3) is 0.244. The molecule has 0 fully saturated rings. The molecule has 14 heteroatoms. The number of amides is 2. The minimum absolute atomic E-state index is 0.00719. The van der Waals surface area contributed by atoms with Crippen LogP contribution in [0.5, 0.6) is 0 Å². The molecule has 5 aromatic rings. The molecule has 1 aromatic heterocycles. The van der Waals surface area contributed by atoms with Crippen molar-refractivity contribution >= 4 is 41.2 Å². The average molecular weight is 764 g/mol. The largest absolute Gasteiger partial charge is 0.462 e. The van der Waals surface area contributed by atoms with E-state index >= 15 is 4.39 Å². The number of nitrogens with zero attached hydrogens (tertiary/aromatic N) is 6. The van der Waals surface area contributed by atoms with E-state index in [0.29, 0.717) is 41.8 Å². The van der Waals surface area contributed by atoms with E-state index in [-0.39, 0.29) is 47.5 Å². The van der Waals surface area contributed by atoms with Crippen LogP contribution in [0, 0.1) is 5.82 Å². The second-order valence-electron chi connectivity index (χ2n) is 13.1. The van der Waals surface area contributed by atoms with Gasteiger partial charge in [-0.1, -0.05) is 54.1 Å². The molecule has 1 unspecified atom stereocenters. The van der Waals surface area contributed by atoms with E-state index in [2.05, 4.69) is 20.8 Å². The average Bonchev–Trinajstić information content (AvgIpc) is 3.73. The third-order valence-corrected chi connectivity index (χ3v) is 9.55. The summed E-state index contributed by atoms with van der Waals surface area (Å²) in [5.74, 6) is -2.16. The number of hydrogen-bond donors (Lipinski definition) is 1. The van der Waals surface area contributed by atoms with Crippen LogP contribution in [0.2, 0.25) is 5.02 Å². The molecule has 0 bridgehead atoms. The summed E-state index contributed by atoms with van der Waals surface area (Å²) in [6.07, 6.45) is 4.21. The number of esters is 1. The maximum atomic E-state index is 15.4. The lowest BCUT2D eigenvalue weighted by Crippen LogP contribution is -2.43. The number of hydrogen-bond acceptors (Lipinski definition) is 9. The summed E-state index contributed by atoms with van der Waals surface area (Å²) in [5.41, 5.74) is 5.08. The van der Waals surface area contributed by atoms with Gasteiger partial charge in [-0.05, 0) is 108 Å². The number of Topliss-reactive ketones (excluding diaryl/α,β-unsaturated/α-hetero) is 1. The van der Waals surface area contributed by atoms with Crippen molar-refractivity contribution in [3.8, 4) is 16.8 Å². The zero-order valence-electron chi connectivity index (χ0n) is 30.5. The second kappa shape index (κ2) is 17.4. The van der Waals surface area contributed by atoms with Crippen molar-refractivity contribution in [2.45, 2.75) is 25.8 Å².